The number of amidine groups is 1. The number of halogens is 1. The molecule has 4 N–H and O–H groups in total. The SMILES string of the molecule is CCCOCC(/N=C\Cc1ccc2ncc(N)cc2c1OCC(F)CNC(=O)C1CCCCN1)=N/C. The molecule has 2 atom stereocenters. The van der Waals surface area contributed by atoms with Crippen molar-refractivity contribution in [1.29, 1.82) is 0 Å². The summed E-state index contributed by atoms with van der Waals surface area (Å²) in [6.07, 6.45) is 6.10. The molecule has 0 spiro atoms. The van der Waals surface area contributed by atoms with Crippen LogP contribution in [0.15, 0.2) is 34.4 Å². The number of hydrogen-bond acceptors (Lipinski definition) is 7. The summed E-state index contributed by atoms with van der Waals surface area (Å²) in [6.45, 7) is 3.50. The lowest BCUT2D eigenvalue weighted by atomic mass is 10.0. The molecule has 1 fully saturated rings. The van der Waals surface area contributed by atoms with Gasteiger partial charge >= 0.3 is 0 Å². The van der Waals surface area contributed by atoms with Crippen LogP contribution in [-0.2, 0) is 16.0 Å². The Balaban J connectivity index is 1.66. The lowest BCUT2D eigenvalue weighted by Gasteiger charge is -2.23. The number of pyridine rings is 1. The van der Waals surface area contributed by atoms with Gasteiger partial charge in [-0.25, -0.2) is 9.38 Å². The van der Waals surface area contributed by atoms with Crippen LogP contribution in [0.2, 0.25) is 0 Å². The van der Waals surface area contributed by atoms with Gasteiger partial charge in [0.15, 0.2) is 6.17 Å². The van der Waals surface area contributed by atoms with E-state index >= 15 is 0 Å². The summed E-state index contributed by atoms with van der Waals surface area (Å²) in [4.78, 5) is 25.2. The number of aromatic nitrogens is 1. The number of carbonyl (C=O) groups excluding carboxylic acids is 1. The Morgan fingerprint density at radius 3 is 3.03 bits per heavy atom. The van der Waals surface area contributed by atoms with E-state index < -0.39 is 6.17 Å². The van der Waals surface area contributed by atoms with Gasteiger partial charge in [0, 0.05) is 37.2 Å². The molecule has 2 heterocycles. The number of rotatable bonds is 12. The van der Waals surface area contributed by atoms with Crippen LogP contribution in [0.25, 0.3) is 10.9 Å². The maximum absolute atomic E-state index is 14.7. The van der Waals surface area contributed by atoms with Crippen molar-refractivity contribution < 1.29 is 18.7 Å². The van der Waals surface area contributed by atoms with Crippen molar-refractivity contribution in [3.8, 4) is 5.75 Å². The molecule has 0 aliphatic carbocycles. The number of hydrogen-bond donors (Lipinski definition) is 3. The lowest BCUT2D eigenvalue weighted by molar-refractivity contribution is -0.124. The highest BCUT2D eigenvalue weighted by molar-refractivity contribution is 5.92. The predicted octanol–water partition coefficient (Wildman–Crippen LogP) is 2.86. The monoisotopic (exact) mass is 500 g/mol. The molecule has 10 heteroatoms. The topological polar surface area (TPSA) is 123 Å². The normalized spacial score (nSPS) is 17.4. The molecule has 0 radical (unpaired) electrons. The third-order valence-electron chi connectivity index (χ3n) is 5.84. The van der Waals surface area contributed by atoms with E-state index in [9.17, 15) is 9.18 Å². The molecule has 196 valence electrons. The first-order chi connectivity index (χ1) is 17.5. The Labute approximate surface area is 211 Å². The third-order valence-corrected chi connectivity index (χ3v) is 5.84. The van der Waals surface area contributed by atoms with Gasteiger partial charge in [0.2, 0.25) is 5.91 Å². The number of ether oxygens (including phenoxy) is 2. The first-order valence-corrected chi connectivity index (χ1v) is 12.5. The van der Waals surface area contributed by atoms with Gasteiger partial charge in [0.1, 0.15) is 24.8 Å². The first-order valence-electron chi connectivity index (χ1n) is 12.5. The zero-order valence-corrected chi connectivity index (χ0v) is 21.1. The Morgan fingerprint density at radius 1 is 1.42 bits per heavy atom. The number of nitrogens with zero attached hydrogens (tertiary/aromatic N) is 3. The molecule has 0 saturated carbocycles. The van der Waals surface area contributed by atoms with Gasteiger partial charge in [-0.05, 0) is 37.9 Å². The van der Waals surface area contributed by atoms with Crippen molar-refractivity contribution in [3.63, 3.8) is 0 Å². The Morgan fingerprint density at radius 2 is 2.28 bits per heavy atom. The molecule has 3 rings (SSSR count). The van der Waals surface area contributed by atoms with E-state index in [2.05, 4.69) is 25.6 Å². The number of nitrogens with two attached hydrogens (primary N) is 1. The highest BCUT2D eigenvalue weighted by Gasteiger charge is 2.21. The van der Waals surface area contributed by atoms with Crippen molar-refractivity contribution in [2.45, 2.75) is 51.2 Å². The lowest BCUT2D eigenvalue weighted by Crippen LogP contribution is -2.48. The van der Waals surface area contributed by atoms with Gasteiger partial charge < -0.3 is 25.8 Å². The molecule has 0 bridgehead atoms. The first kappa shape index (κ1) is 27.5. The van der Waals surface area contributed by atoms with Crippen LogP contribution in [0.4, 0.5) is 10.1 Å². The van der Waals surface area contributed by atoms with Crippen LogP contribution < -0.4 is 21.1 Å². The number of benzene rings is 1. The average molecular weight is 501 g/mol. The van der Waals surface area contributed by atoms with E-state index in [0.717, 1.165) is 37.8 Å². The van der Waals surface area contributed by atoms with Gasteiger partial charge in [-0.3, -0.25) is 14.8 Å². The van der Waals surface area contributed by atoms with E-state index in [1.165, 1.54) is 0 Å². The minimum atomic E-state index is -1.38. The number of carbonyl (C=O) groups is 1. The highest BCUT2D eigenvalue weighted by Crippen LogP contribution is 2.30. The van der Waals surface area contributed by atoms with Crippen LogP contribution in [0.1, 0.15) is 38.2 Å². The number of aliphatic imine (C=N–C) groups is 2. The standard InChI is InChI=1S/C26H37FN6O3/c1-3-12-35-17-24(29-2)31-11-9-18-7-8-22-21(13-20(28)15-32-22)25(18)36-16-19(27)14-33-26(34)23-6-4-5-10-30-23/h7-8,11,13,15,19,23,30H,3-6,9-10,12,14,16-17,28H2,1-2H3,(H,33,34)/b29-24-,31-11-. The molecule has 1 amide bonds. The zero-order valence-electron chi connectivity index (χ0n) is 21.1. The van der Waals surface area contributed by atoms with Gasteiger partial charge in [0.05, 0.1) is 30.0 Å². The Hall–Kier alpha value is -3.11. The summed E-state index contributed by atoms with van der Waals surface area (Å²) < 4.78 is 26.2. The molecule has 2 aromatic rings. The summed E-state index contributed by atoms with van der Waals surface area (Å²) >= 11 is 0. The second-order valence-electron chi connectivity index (χ2n) is 8.75. The number of piperidine rings is 1. The summed E-state index contributed by atoms with van der Waals surface area (Å²) in [6, 6.07) is 5.26. The zero-order chi connectivity index (χ0) is 25.8. The number of fused-ring (bicyclic) bond motifs is 1. The number of nitrogens with one attached hydrogen (secondary N) is 2. The van der Waals surface area contributed by atoms with Gasteiger partial charge in [0.25, 0.3) is 0 Å². The molecule has 9 nitrogen and oxygen atoms in total. The van der Waals surface area contributed by atoms with Crippen molar-refractivity contribution in [2.75, 3.05) is 45.7 Å². The average Bonchev–Trinajstić information content (AvgIpc) is 2.90. The highest BCUT2D eigenvalue weighted by atomic mass is 19.1. The molecule has 36 heavy (non-hydrogen) atoms. The van der Waals surface area contributed by atoms with E-state index in [-0.39, 0.29) is 25.1 Å². The third kappa shape index (κ3) is 8.23. The molecular weight excluding hydrogens is 463 g/mol. The molecule has 1 saturated heterocycles. The summed E-state index contributed by atoms with van der Waals surface area (Å²) in [5.74, 6) is 0.913. The molecular formula is C26H37FN6O3. The van der Waals surface area contributed by atoms with E-state index in [0.29, 0.717) is 47.8 Å². The fourth-order valence-electron chi connectivity index (χ4n) is 3.93. The number of alkyl halides is 1. The fraction of sp³-hybridized carbons (Fsp3) is 0.538. The molecule has 1 aliphatic rings. The smallest absolute Gasteiger partial charge is 0.237 e. The van der Waals surface area contributed by atoms with Crippen molar-refractivity contribution >= 4 is 34.5 Å². The minimum Gasteiger partial charge on any atom is -0.489 e. The largest absolute Gasteiger partial charge is 0.489 e. The van der Waals surface area contributed by atoms with Crippen molar-refractivity contribution in [3.05, 3.63) is 30.0 Å². The molecule has 1 aliphatic heterocycles. The molecule has 1 aromatic carbocycles. The summed E-state index contributed by atoms with van der Waals surface area (Å²) in [7, 11) is 1.67. The molecule has 2 unspecified atom stereocenters. The van der Waals surface area contributed by atoms with Crippen LogP contribution in [0, 0.1) is 0 Å². The maximum Gasteiger partial charge on any atom is 0.237 e. The van der Waals surface area contributed by atoms with E-state index in [1.807, 2.05) is 19.1 Å². The van der Waals surface area contributed by atoms with E-state index in [4.69, 9.17) is 15.2 Å². The van der Waals surface area contributed by atoms with Crippen LogP contribution in [-0.4, -0.2) is 75.1 Å². The van der Waals surface area contributed by atoms with Crippen LogP contribution in [0.3, 0.4) is 0 Å². The van der Waals surface area contributed by atoms with Crippen molar-refractivity contribution in [1.82, 2.24) is 15.6 Å². The number of anilines is 1. The maximum atomic E-state index is 14.7. The van der Waals surface area contributed by atoms with Gasteiger partial charge in [-0.15, -0.1) is 0 Å². The number of amides is 1. The predicted molar refractivity (Wildman–Crippen MR) is 142 cm³/mol. The summed E-state index contributed by atoms with van der Waals surface area (Å²) in [5.41, 5.74) is 7.95. The quantitative estimate of drug-likeness (QED) is 0.234. The van der Waals surface area contributed by atoms with Crippen molar-refractivity contribution in [2.24, 2.45) is 9.98 Å². The summed E-state index contributed by atoms with van der Waals surface area (Å²) in [5, 5.41) is 6.55. The van der Waals surface area contributed by atoms with Gasteiger partial charge in [-0.2, -0.15) is 0 Å². The van der Waals surface area contributed by atoms with Gasteiger partial charge in [-0.1, -0.05) is 19.4 Å². The van der Waals surface area contributed by atoms with E-state index in [1.54, 1.807) is 25.5 Å². The Kier molecular flexibility index (Phi) is 11.0. The second-order valence-corrected chi connectivity index (χ2v) is 8.75. The minimum absolute atomic E-state index is 0.118. The van der Waals surface area contributed by atoms with Crippen LogP contribution >= 0.6 is 0 Å². The molecule has 1 aromatic heterocycles. The Bertz CT molecular complexity index is 1060. The second kappa shape index (κ2) is 14.4. The number of nitrogen functional groups attached to an aromatic ring is 1. The van der Waals surface area contributed by atoms with Crippen LogP contribution in [0.5, 0.6) is 5.75 Å². The fourth-order valence-corrected chi connectivity index (χ4v) is 3.93.